The second-order valence-corrected chi connectivity index (χ2v) is 3.85. The van der Waals surface area contributed by atoms with Crippen molar-refractivity contribution in [2.45, 2.75) is 18.6 Å². The van der Waals surface area contributed by atoms with E-state index in [2.05, 4.69) is 0 Å². The first-order chi connectivity index (χ1) is 7.56. The third-order valence-electron chi connectivity index (χ3n) is 2.31. The molecule has 4 nitrogen and oxygen atoms in total. The van der Waals surface area contributed by atoms with Gasteiger partial charge in [-0.3, -0.25) is 4.79 Å². The first kappa shape index (κ1) is 13.0. The van der Waals surface area contributed by atoms with Crippen LogP contribution in [0.25, 0.3) is 0 Å². The number of carbonyl (C=O) groups is 1. The van der Waals surface area contributed by atoms with Crippen LogP contribution >= 0.6 is 11.6 Å². The summed E-state index contributed by atoms with van der Waals surface area (Å²) in [6.45, 7) is 0. The number of hydrogen-bond acceptors (Lipinski definition) is 3. The fourth-order valence-electron chi connectivity index (χ4n) is 1.34. The van der Waals surface area contributed by atoms with E-state index in [0.717, 1.165) is 0 Å². The molecule has 1 rings (SSSR count). The highest BCUT2D eigenvalue weighted by Gasteiger charge is 2.17. The lowest BCUT2D eigenvalue weighted by atomic mass is 10.0. The predicted molar refractivity (Wildman–Crippen MR) is 61.3 cm³/mol. The fourth-order valence-corrected chi connectivity index (χ4v) is 1.56. The Kier molecular flexibility index (Phi) is 4.73. The lowest BCUT2D eigenvalue weighted by Gasteiger charge is -2.17. The van der Waals surface area contributed by atoms with E-state index >= 15 is 0 Å². The first-order valence-corrected chi connectivity index (χ1v) is 5.41. The van der Waals surface area contributed by atoms with Gasteiger partial charge in [0.25, 0.3) is 0 Å². The Labute approximate surface area is 98.6 Å². The van der Waals surface area contributed by atoms with Crippen LogP contribution in [0.1, 0.15) is 28.4 Å². The minimum atomic E-state index is -0.999. The summed E-state index contributed by atoms with van der Waals surface area (Å²) >= 11 is 5.46. The number of rotatable bonds is 5. The summed E-state index contributed by atoms with van der Waals surface area (Å²) in [7, 11) is 0. The molecule has 88 valence electrons. The van der Waals surface area contributed by atoms with Crippen LogP contribution in [0.4, 0.5) is 0 Å². The average Bonchev–Trinajstić information content (AvgIpc) is 2.28. The van der Waals surface area contributed by atoms with Gasteiger partial charge in [0.1, 0.15) is 6.10 Å². The number of carbonyl (C=O) groups excluding carboxylic acids is 1. The average molecular weight is 244 g/mol. The number of halogens is 1. The lowest BCUT2D eigenvalue weighted by molar-refractivity contribution is 0.0170. The predicted octanol–water partition coefficient (Wildman–Crippen LogP) is 0.809. The number of alkyl halides is 1. The summed E-state index contributed by atoms with van der Waals surface area (Å²) in [5, 5.41) is 19.2. The van der Waals surface area contributed by atoms with E-state index in [0.29, 0.717) is 17.5 Å². The van der Waals surface area contributed by atoms with E-state index in [1.807, 2.05) is 0 Å². The molecule has 0 aliphatic rings. The van der Waals surface area contributed by atoms with E-state index in [1.165, 1.54) is 12.1 Å². The van der Waals surface area contributed by atoms with Gasteiger partial charge >= 0.3 is 0 Å². The quantitative estimate of drug-likeness (QED) is 0.669. The van der Waals surface area contributed by atoms with E-state index in [1.54, 1.807) is 12.1 Å². The molecule has 16 heavy (non-hydrogen) atoms. The first-order valence-electron chi connectivity index (χ1n) is 4.88. The number of amides is 1. The number of hydrogen-bond donors (Lipinski definition) is 3. The second-order valence-electron chi connectivity index (χ2n) is 3.48. The van der Waals surface area contributed by atoms with Crippen molar-refractivity contribution in [3.63, 3.8) is 0 Å². The summed E-state index contributed by atoms with van der Waals surface area (Å²) in [6.07, 6.45) is -1.60. The fraction of sp³-hybridized carbons (Fsp3) is 0.364. The van der Waals surface area contributed by atoms with Crippen molar-refractivity contribution in [2.24, 2.45) is 5.73 Å². The monoisotopic (exact) mass is 243 g/mol. The second kappa shape index (κ2) is 5.84. The third-order valence-corrected chi connectivity index (χ3v) is 2.52. The molecule has 2 atom stereocenters. The van der Waals surface area contributed by atoms with Crippen LogP contribution in [-0.2, 0) is 0 Å². The van der Waals surface area contributed by atoms with Gasteiger partial charge in [0.2, 0.25) is 5.91 Å². The number of aliphatic hydroxyl groups excluding tert-OH is 2. The van der Waals surface area contributed by atoms with Crippen molar-refractivity contribution in [1.29, 1.82) is 0 Å². The van der Waals surface area contributed by atoms with Crippen molar-refractivity contribution in [1.82, 2.24) is 0 Å². The zero-order chi connectivity index (χ0) is 12.1. The molecule has 5 heteroatoms. The van der Waals surface area contributed by atoms with Crippen LogP contribution in [0.5, 0.6) is 0 Å². The van der Waals surface area contributed by atoms with Crippen molar-refractivity contribution in [3.8, 4) is 0 Å². The molecule has 0 saturated carbocycles. The van der Waals surface area contributed by atoms with E-state index in [9.17, 15) is 15.0 Å². The van der Waals surface area contributed by atoms with Crippen molar-refractivity contribution in [3.05, 3.63) is 35.4 Å². The molecule has 0 aliphatic carbocycles. The molecule has 0 saturated heterocycles. The molecular weight excluding hydrogens is 230 g/mol. The Hall–Kier alpha value is -1.10. The van der Waals surface area contributed by atoms with Gasteiger partial charge in [-0.2, -0.15) is 0 Å². The Morgan fingerprint density at radius 2 is 1.88 bits per heavy atom. The lowest BCUT2D eigenvalue weighted by Crippen LogP contribution is -2.19. The molecule has 0 heterocycles. The zero-order valence-corrected chi connectivity index (χ0v) is 9.39. The molecule has 4 N–H and O–H groups in total. The van der Waals surface area contributed by atoms with Gasteiger partial charge in [-0.05, 0) is 24.1 Å². The SMILES string of the molecule is NC(=O)c1ccc(C(O)C(O)CCCl)cc1. The molecule has 0 aliphatic heterocycles. The molecular formula is C11H14ClNO3. The van der Waals surface area contributed by atoms with Gasteiger partial charge in [-0.15, -0.1) is 11.6 Å². The minimum Gasteiger partial charge on any atom is -0.390 e. The molecule has 0 bridgehead atoms. The minimum absolute atomic E-state index is 0.275. The standard InChI is InChI=1S/C11H14ClNO3/c12-6-5-9(14)10(15)7-1-3-8(4-2-7)11(13)16/h1-4,9-10,14-15H,5-6H2,(H2,13,16). The van der Waals surface area contributed by atoms with Gasteiger partial charge in [-0.1, -0.05) is 12.1 Å². The molecule has 1 aromatic rings. The van der Waals surface area contributed by atoms with Gasteiger partial charge < -0.3 is 15.9 Å². The molecule has 1 amide bonds. The summed E-state index contributed by atoms with van der Waals surface area (Å²) in [6, 6.07) is 6.13. The largest absolute Gasteiger partial charge is 0.390 e. The van der Waals surface area contributed by atoms with Crippen molar-refractivity contribution < 1.29 is 15.0 Å². The van der Waals surface area contributed by atoms with Gasteiger partial charge in [0, 0.05) is 11.4 Å². The van der Waals surface area contributed by atoms with Crippen molar-refractivity contribution >= 4 is 17.5 Å². The highest BCUT2D eigenvalue weighted by atomic mass is 35.5. The third kappa shape index (κ3) is 3.20. The molecule has 0 aromatic heterocycles. The molecule has 0 fully saturated rings. The maximum atomic E-state index is 10.8. The van der Waals surface area contributed by atoms with Gasteiger partial charge in [-0.25, -0.2) is 0 Å². The van der Waals surface area contributed by atoms with Crippen LogP contribution in [-0.4, -0.2) is 28.1 Å². The summed E-state index contributed by atoms with van der Waals surface area (Å²) in [5.41, 5.74) is 5.97. The zero-order valence-electron chi connectivity index (χ0n) is 8.64. The Balaban J connectivity index is 2.77. The van der Waals surface area contributed by atoms with E-state index in [4.69, 9.17) is 17.3 Å². The van der Waals surface area contributed by atoms with Crippen LogP contribution in [0.15, 0.2) is 24.3 Å². The highest BCUT2D eigenvalue weighted by Crippen LogP contribution is 2.19. The topological polar surface area (TPSA) is 83.6 Å². The molecule has 0 spiro atoms. The van der Waals surface area contributed by atoms with Gasteiger partial charge in [0.15, 0.2) is 0 Å². The van der Waals surface area contributed by atoms with Crippen LogP contribution < -0.4 is 5.73 Å². The van der Waals surface area contributed by atoms with Crippen LogP contribution in [0.2, 0.25) is 0 Å². The summed E-state index contributed by atoms with van der Waals surface area (Å²) < 4.78 is 0. The van der Waals surface area contributed by atoms with Gasteiger partial charge in [0.05, 0.1) is 6.10 Å². The number of benzene rings is 1. The smallest absolute Gasteiger partial charge is 0.248 e. The van der Waals surface area contributed by atoms with Crippen LogP contribution in [0.3, 0.4) is 0 Å². The maximum absolute atomic E-state index is 10.8. The normalized spacial score (nSPS) is 14.4. The van der Waals surface area contributed by atoms with E-state index < -0.39 is 18.1 Å². The number of aliphatic hydroxyl groups is 2. The maximum Gasteiger partial charge on any atom is 0.248 e. The Bertz CT molecular complexity index is 353. The molecule has 0 radical (unpaired) electrons. The molecule has 2 unspecified atom stereocenters. The van der Waals surface area contributed by atoms with Crippen LogP contribution in [0, 0.1) is 0 Å². The van der Waals surface area contributed by atoms with Crippen molar-refractivity contribution in [2.75, 3.05) is 5.88 Å². The Morgan fingerprint density at radius 1 is 1.31 bits per heavy atom. The summed E-state index contributed by atoms with van der Waals surface area (Å²) in [5.74, 6) is -0.250. The number of nitrogens with two attached hydrogens (primary N) is 1. The molecule has 1 aromatic carbocycles. The highest BCUT2D eigenvalue weighted by molar-refractivity contribution is 6.17. The van der Waals surface area contributed by atoms with E-state index in [-0.39, 0.29) is 5.88 Å². The Morgan fingerprint density at radius 3 is 2.31 bits per heavy atom. The summed E-state index contributed by atoms with van der Waals surface area (Å²) in [4.78, 5) is 10.8. The number of primary amides is 1.